The van der Waals surface area contributed by atoms with Crippen LogP contribution in [0.15, 0.2) is 24.5 Å². The van der Waals surface area contributed by atoms with Crippen molar-refractivity contribution in [2.75, 3.05) is 6.54 Å². The van der Waals surface area contributed by atoms with Crippen LogP contribution in [0.5, 0.6) is 0 Å². The van der Waals surface area contributed by atoms with E-state index in [1.54, 1.807) is 0 Å². The number of carbonyl (C=O) groups is 1. The lowest BCUT2D eigenvalue weighted by atomic mass is 9.95. The van der Waals surface area contributed by atoms with E-state index in [1.807, 2.05) is 36.0 Å². The fraction of sp³-hybridized carbons (Fsp3) is 0.667. The standard InChI is InChI=1S/C15H27N3O/c1-12(2)18(13(3)4)11-8-15(5,14(16)19)17-9-6-7-10-17/h6-7,9-10,12-13H,8,11H2,1-5H3,(H2,16,19). The fourth-order valence-corrected chi connectivity index (χ4v) is 2.50. The molecule has 0 saturated heterocycles. The lowest BCUT2D eigenvalue weighted by Gasteiger charge is -2.35. The number of carbonyl (C=O) groups excluding carboxylic acids is 1. The monoisotopic (exact) mass is 265 g/mol. The molecule has 0 bridgehead atoms. The fourth-order valence-electron chi connectivity index (χ4n) is 2.50. The predicted octanol–water partition coefficient (Wildman–Crippen LogP) is 2.20. The van der Waals surface area contributed by atoms with Crippen molar-refractivity contribution < 1.29 is 4.79 Å². The van der Waals surface area contributed by atoms with Crippen molar-refractivity contribution in [2.45, 2.75) is 58.7 Å². The molecule has 1 aromatic heterocycles. The lowest BCUT2D eigenvalue weighted by molar-refractivity contribution is -0.126. The normalized spacial score (nSPS) is 15.2. The second-order valence-electron chi connectivity index (χ2n) is 5.90. The molecule has 19 heavy (non-hydrogen) atoms. The SMILES string of the molecule is CC(C)N(CCC(C)(C(N)=O)n1cccc1)C(C)C. The van der Waals surface area contributed by atoms with Gasteiger partial charge in [0.05, 0.1) is 0 Å². The largest absolute Gasteiger partial charge is 0.368 e. The number of aromatic nitrogens is 1. The highest BCUT2D eigenvalue weighted by Gasteiger charge is 2.33. The van der Waals surface area contributed by atoms with Gasteiger partial charge in [0.2, 0.25) is 5.91 Å². The molecule has 0 aromatic carbocycles. The Morgan fingerprint density at radius 2 is 1.68 bits per heavy atom. The summed E-state index contributed by atoms with van der Waals surface area (Å²) < 4.78 is 1.91. The summed E-state index contributed by atoms with van der Waals surface area (Å²) in [6.07, 6.45) is 4.52. The van der Waals surface area contributed by atoms with Crippen LogP contribution in [-0.2, 0) is 10.3 Å². The topological polar surface area (TPSA) is 51.3 Å². The summed E-state index contributed by atoms with van der Waals surface area (Å²) in [5.41, 5.74) is 4.96. The van der Waals surface area contributed by atoms with Gasteiger partial charge in [-0.25, -0.2) is 0 Å². The van der Waals surface area contributed by atoms with Gasteiger partial charge in [-0.15, -0.1) is 0 Å². The Kier molecular flexibility index (Phi) is 5.18. The van der Waals surface area contributed by atoms with Crippen molar-refractivity contribution in [3.05, 3.63) is 24.5 Å². The molecule has 4 nitrogen and oxygen atoms in total. The molecule has 0 spiro atoms. The van der Waals surface area contributed by atoms with Crippen LogP contribution in [0.25, 0.3) is 0 Å². The first-order valence-electron chi connectivity index (χ1n) is 6.98. The minimum Gasteiger partial charge on any atom is -0.368 e. The highest BCUT2D eigenvalue weighted by Crippen LogP contribution is 2.22. The molecule has 4 heteroatoms. The third-order valence-corrected chi connectivity index (χ3v) is 3.89. The second kappa shape index (κ2) is 6.24. The van der Waals surface area contributed by atoms with Gasteiger partial charge < -0.3 is 10.3 Å². The zero-order valence-electron chi connectivity index (χ0n) is 12.8. The van der Waals surface area contributed by atoms with Crippen molar-refractivity contribution in [1.29, 1.82) is 0 Å². The summed E-state index contributed by atoms with van der Waals surface area (Å²) in [5, 5.41) is 0. The average Bonchev–Trinajstić information content (AvgIpc) is 2.81. The summed E-state index contributed by atoms with van der Waals surface area (Å²) in [5.74, 6) is -0.281. The van der Waals surface area contributed by atoms with E-state index in [1.165, 1.54) is 0 Å². The van der Waals surface area contributed by atoms with Gasteiger partial charge in [-0.2, -0.15) is 0 Å². The zero-order valence-corrected chi connectivity index (χ0v) is 12.8. The minimum absolute atomic E-state index is 0.281. The molecular formula is C15H27N3O. The number of nitrogens with zero attached hydrogens (tertiary/aromatic N) is 2. The Morgan fingerprint density at radius 1 is 1.21 bits per heavy atom. The summed E-state index contributed by atoms with van der Waals surface area (Å²) in [6, 6.07) is 4.76. The van der Waals surface area contributed by atoms with Gasteiger partial charge in [-0.1, -0.05) is 0 Å². The summed E-state index contributed by atoms with van der Waals surface area (Å²) >= 11 is 0. The van der Waals surface area contributed by atoms with Crippen molar-refractivity contribution in [2.24, 2.45) is 5.73 Å². The lowest BCUT2D eigenvalue weighted by Crippen LogP contribution is -2.47. The maximum Gasteiger partial charge on any atom is 0.243 e. The Labute approximate surface area is 116 Å². The molecule has 0 radical (unpaired) electrons. The van der Waals surface area contributed by atoms with Crippen LogP contribution in [0, 0.1) is 0 Å². The summed E-state index contributed by atoms with van der Waals surface area (Å²) in [6.45, 7) is 11.5. The van der Waals surface area contributed by atoms with Crippen LogP contribution in [0.4, 0.5) is 0 Å². The highest BCUT2D eigenvalue weighted by molar-refractivity contribution is 5.82. The first-order valence-corrected chi connectivity index (χ1v) is 6.98. The van der Waals surface area contributed by atoms with Crippen LogP contribution in [0.3, 0.4) is 0 Å². The van der Waals surface area contributed by atoms with Crippen molar-refractivity contribution >= 4 is 5.91 Å². The van der Waals surface area contributed by atoms with Crippen LogP contribution in [0.1, 0.15) is 41.0 Å². The number of primary amides is 1. The summed E-state index contributed by atoms with van der Waals surface area (Å²) in [4.78, 5) is 14.2. The molecule has 1 aromatic rings. The molecule has 1 amide bonds. The van der Waals surface area contributed by atoms with Crippen LogP contribution in [0.2, 0.25) is 0 Å². The smallest absolute Gasteiger partial charge is 0.243 e. The quantitative estimate of drug-likeness (QED) is 0.821. The maximum absolute atomic E-state index is 11.9. The van der Waals surface area contributed by atoms with E-state index in [2.05, 4.69) is 32.6 Å². The number of hydrogen-bond acceptors (Lipinski definition) is 2. The van der Waals surface area contributed by atoms with E-state index < -0.39 is 5.54 Å². The molecule has 2 N–H and O–H groups in total. The van der Waals surface area contributed by atoms with E-state index >= 15 is 0 Å². The van der Waals surface area contributed by atoms with E-state index in [0.29, 0.717) is 18.5 Å². The average molecular weight is 265 g/mol. The molecule has 0 fully saturated rings. The van der Waals surface area contributed by atoms with Gasteiger partial charge in [0.25, 0.3) is 0 Å². The van der Waals surface area contributed by atoms with Gasteiger partial charge in [-0.3, -0.25) is 9.69 Å². The third-order valence-electron chi connectivity index (χ3n) is 3.89. The second-order valence-corrected chi connectivity index (χ2v) is 5.90. The summed E-state index contributed by atoms with van der Waals surface area (Å²) in [7, 11) is 0. The van der Waals surface area contributed by atoms with Gasteiger partial charge in [0.15, 0.2) is 0 Å². The Balaban J connectivity index is 2.84. The first-order chi connectivity index (χ1) is 8.79. The minimum atomic E-state index is -0.661. The predicted molar refractivity (Wildman–Crippen MR) is 78.9 cm³/mol. The molecule has 0 aliphatic rings. The van der Waals surface area contributed by atoms with Gasteiger partial charge in [0, 0.05) is 31.0 Å². The molecular weight excluding hydrogens is 238 g/mol. The number of rotatable bonds is 7. The van der Waals surface area contributed by atoms with E-state index in [-0.39, 0.29) is 5.91 Å². The molecule has 1 rings (SSSR count). The van der Waals surface area contributed by atoms with Crippen molar-refractivity contribution in [3.63, 3.8) is 0 Å². The highest BCUT2D eigenvalue weighted by atomic mass is 16.1. The third kappa shape index (κ3) is 3.60. The molecule has 0 aliphatic carbocycles. The Morgan fingerprint density at radius 3 is 2.05 bits per heavy atom. The molecule has 1 unspecified atom stereocenters. The van der Waals surface area contributed by atoms with E-state index in [9.17, 15) is 4.79 Å². The number of amides is 1. The molecule has 0 aliphatic heterocycles. The van der Waals surface area contributed by atoms with E-state index in [0.717, 1.165) is 6.54 Å². The number of nitrogens with two attached hydrogens (primary N) is 1. The van der Waals surface area contributed by atoms with Crippen molar-refractivity contribution in [1.82, 2.24) is 9.47 Å². The zero-order chi connectivity index (χ0) is 14.6. The van der Waals surface area contributed by atoms with E-state index in [4.69, 9.17) is 5.73 Å². The first kappa shape index (κ1) is 15.8. The van der Waals surface area contributed by atoms with Gasteiger partial charge in [0.1, 0.15) is 5.54 Å². The Hall–Kier alpha value is -1.29. The van der Waals surface area contributed by atoms with Gasteiger partial charge in [-0.05, 0) is 53.2 Å². The Bertz CT molecular complexity index is 390. The maximum atomic E-state index is 11.9. The van der Waals surface area contributed by atoms with Crippen molar-refractivity contribution in [3.8, 4) is 0 Å². The molecule has 1 heterocycles. The molecule has 108 valence electrons. The van der Waals surface area contributed by atoms with Crippen LogP contribution in [-0.4, -0.2) is 34.0 Å². The van der Waals surface area contributed by atoms with Gasteiger partial charge >= 0.3 is 0 Å². The number of hydrogen-bond donors (Lipinski definition) is 1. The molecule has 0 saturated carbocycles. The van der Waals surface area contributed by atoms with Crippen LogP contribution >= 0.6 is 0 Å². The molecule has 1 atom stereocenters. The van der Waals surface area contributed by atoms with Crippen LogP contribution < -0.4 is 5.73 Å².